The summed E-state index contributed by atoms with van der Waals surface area (Å²) in [6, 6.07) is -0.701. The molecule has 1 unspecified atom stereocenters. The first-order valence-corrected chi connectivity index (χ1v) is 10.0. The quantitative estimate of drug-likeness (QED) is 0.751. The fraction of sp³-hybridized carbons (Fsp3) is 0.667. The molecule has 0 bridgehead atoms. The zero-order chi connectivity index (χ0) is 18.4. The van der Waals surface area contributed by atoms with Crippen molar-refractivity contribution in [2.24, 2.45) is 5.92 Å². The minimum atomic E-state index is -3.33. The van der Waals surface area contributed by atoms with E-state index in [0.717, 1.165) is 18.5 Å². The van der Waals surface area contributed by atoms with Crippen LogP contribution in [0.3, 0.4) is 0 Å². The minimum Gasteiger partial charge on any atom is -0.377 e. The van der Waals surface area contributed by atoms with Gasteiger partial charge in [0.1, 0.15) is 5.82 Å². The molecule has 1 saturated heterocycles. The van der Waals surface area contributed by atoms with Crippen LogP contribution in [0.25, 0.3) is 0 Å². The zero-order valence-corrected chi connectivity index (χ0v) is 15.5. The summed E-state index contributed by atoms with van der Waals surface area (Å²) in [6.45, 7) is 5.35. The lowest BCUT2D eigenvalue weighted by Gasteiger charge is -2.35. The first kappa shape index (κ1) is 19.5. The number of anilines is 1. The Balaban J connectivity index is 1.97. The molecule has 2 heterocycles. The summed E-state index contributed by atoms with van der Waals surface area (Å²) in [5.41, 5.74) is 0.499. The van der Waals surface area contributed by atoms with Crippen molar-refractivity contribution < 1.29 is 17.9 Å². The van der Waals surface area contributed by atoms with Crippen molar-refractivity contribution in [2.75, 3.05) is 37.9 Å². The number of nitrogens with zero attached hydrogens (tertiary/aromatic N) is 3. The predicted octanol–water partition coefficient (Wildman–Crippen LogP) is 0.457. The summed E-state index contributed by atoms with van der Waals surface area (Å²) in [5, 5.41) is 2.75. The number of morpholine rings is 1. The zero-order valence-electron chi connectivity index (χ0n) is 14.7. The Morgan fingerprint density at radius 2 is 2.08 bits per heavy atom. The molecule has 0 radical (unpaired) electrons. The normalized spacial score (nSPS) is 18.4. The SMILES string of the molecule is CC(C)Cc1ncc(NC(=O)N2CCOCC2CNS(C)(=O)=O)cn1. The predicted molar refractivity (Wildman–Crippen MR) is 93.8 cm³/mol. The van der Waals surface area contributed by atoms with Gasteiger partial charge in [0.2, 0.25) is 10.0 Å². The number of aromatic nitrogens is 2. The van der Waals surface area contributed by atoms with E-state index in [1.165, 1.54) is 0 Å². The van der Waals surface area contributed by atoms with Crippen LogP contribution in [-0.2, 0) is 21.2 Å². The number of nitrogens with one attached hydrogen (secondary N) is 2. The van der Waals surface area contributed by atoms with Gasteiger partial charge in [-0.3, -0.25) is 0 Å². The van der Waals surface area contributed by atoms with E-state index in [0.29, 0.717) is 24.8 Å². The Bertz CT molecular complexity index is 678. The fourth-order valence-electron chi connectivity index (χ4n) is 2.42. The van der Waals surface area contributed by atoms with Crippen LogP contribution in [0.2, 0.25) is 0 Å². The third kappa shape index (κ3) is 6.56. The summed E-state index contributed by atoms with van der Waals surface area (Å²) in [5.74, 6) is 1.19. The van der Waals surface area contributed by atoms with Gasteiger partial charge in [0.05, 0.1) is 43.6 Å². The van der Waals surface area contributed by atoms with Crippen LogP contribution in [0.1, 0.15) is 19.7 Å². The number of ether oxygens (including phenoxy) is 1. The van der Waals surface area contributed by atoms with E-state index in [1.54, 1.807) is 17.3 Å². The van der Waals surface area contributed by atoms with Crippen molar-refractivity contribution in [1.29, 1.82) is 0 Å². The van der Waals surface area contributed by atoms with Gasteiger partial charge in [-0.25, -0.2) is 27.9 Å². The van der Waals surface area contributed by atoms with Crippen LogP contribution >= 0.6 is 0 Å². The lowest BCUT2D eigenvalue weighted by Crippen LogP contribution is -2.54. The van der Waals surface area contributed by atoms with Crippen LogP contribution in [0.4, 0.5) is 10.5 Å². The third-order valence-corrected chi connectivity index (χ3v) is 4.31. The second-order valence-corrected chi connectivity index (χ2v) is 8.29. The van der Waals surface area contributed by atoms with Gasteiger partial charge < -0.3 is 15.0 Å². The summed E-state index contributed by atoms with van der Waals surface area (Å²) in [6.07, 6.45) is 5.01. The maximum absolute atomic E-state index is 12.5. The molecule has 140 valence electrons. The third-order valence-electron chi connectivity index (χ3n) is 3.62. The minimum absolute atomic E-state index is 0.107. The highest BCUT2D eigenvalue weighted by atomic mass is 32.2. The smallest absolute Gasteiger partial charge is 0.322 e. The molecule has 2 N–H and O–H groups in total. The fourth-order valence-corrected chi connectivity index (χ4v) is 2.92. The molecule has 25 heavy (non-hydrogen) atoms. The van der Waals surface area contributed by atoms with Crippen molar-refractivity contribution >= 4 is 21.7 Å². The molecule has 1 fully saturated rings. The number of amides is 2. The van der Waals surface area contributed by atoms with Gasteiger partial charge in [-0.1, -0.05) is 13.8 Å². The van der Waals surface area contributed by atoms with Crippen LogP contribution in [0, 0.1) is 5.92 Å². The van der Waals surface area contributed by atoms with Crippen LogP contribution in [-0.4, -0.2) is 67.9 Å². The molecule has 9 nitrogen and oxygen atoms in total. The average molecular weight is 371 g/mol. The Morgan fingerprint density at radius 1 is 1.40 bits per heavy atom. The molecule has 10 heteroatoms. The average Bonchev–Trinajstić information content (AvgIpc) is 2.54. The second-order valence-electron chi connectivity index (χ2n) is 6.46. The largest absolute Gasteiger partial charge is 0.377 e. The van der Waals surface area contributed by atoms with Gasteiger partial charge >= 0.3 is 6.03 Å². The highest BCUT2D eigenvalue weighted by molar-refractivity contribution is 7.88. The van der Waals surface area contributed by atoms with Gasteiger partial charge in [-0.05, 0) is 5.92 Å². The maximum Gasteiger partial charge on any atom is 0.322 e. The molecule has 0 saturated carbocycles. The Labute approximate surface area is 148 Å². The molecule has 1 aliphatic rings. The number of hydrogen-bond acceptors (Lipinski definition) is 6. The van der Waals surface area contributed by atoms with Crippen LogP contribution < -0.4 is 10.0 Å². The van der Waals surface area contributed by atoms with Gasteiger partial charge in [0.25, 0.3) is 0 Å². The van der Waals surface area contributed by atoms with E-state index in [1.807, 2.05) is 0 Å². The molecule has 2 rings (SSSR count). The number of carbonyl (C=O) groups is 1. The lowest BCUT2D eigenvalue weighted by atomic mass is 10.1. The number of sulfonamides is 1. The molecule has 0 aliphatic carbocycles. The standard InChI is InChI=1S/C15H25N5O4S/c1-11(2)6-14-16-7-12(8-17-14)19-15(21)20-4-5-24-10-13(20)9-18-25(3,22)23/h7-8,11,13,18H,4-6,9-10H2,1-3H3,(H,19,21). The highest BCUT2D eigenvalue weighted by Crippen LogP contribution is 2.12. The first-order valence-electron chi connectivity index (χ1n) is 8.15. The number of urea groups is 1. The van der Waals surface area contributed by atoms with Gasteiger partial charge in [-0.15, -0.1) is 0 Å². The highest BCUT2D eigenvalue weighted by Gasteiger charge is 2.28. The van der Waals surface area contributed by atoms with Crippen molar-refractivity contribution in [3.05, 3.63) is 18.2 Å². The van der Waals surface area contributed by atoms with Crippen LogP contribution in [0.5, 0.6) is 0 Å². The van der Waals surface area contributed by atoms with E-state index in [-0.39, 0.29) is 25.2 Å². The Kier molecular flexibility index (Phi) is 6.68. The Morgan fingerprint density at radius 3 is 2.68 bits per heavy atom. The molecule has 1 aromatic rings. The second kappa shape index (κ2) is 8.54. The van der Waals surface area contributed by atoms with E-state index in [4.69, 9.17) is 4.74 Å². The molecule has 0 spiro atoms. The molecule has 0 aromatic carbocycles. The maximum atomic E-state index is 12.5. The van der Waals surface area contributed by atoms with E-state index in [9.17, 15) is 13.2 Å². The number of carbonyl (C=O) groups excluding carboxylic acids is 1. The van der Waals surface area contributed by atoms with Gasteiger partial charge in [-0.2, -0.15) is 0 Å². The summed E-state index contributed by atoms with van der Waals surface area (Å²) >= 11 is 0. The topological polar surface area (TPSA) is 114 Å². The van der Waals surface area contributed by atoms with Gasteiger partial charge in [0.15, 0.2) is 0 Å². The summed E-state index contributed by atoms with van der Waals surface area (Å²) in [4.78, 5) is 22.5. The number of rotatable bonds is 6. The molecule has 1 aromatic heterocycles. The van der Waals surface area contributed by atoms with Crippen molar-refractivity contribution in [3.63, 3.8) is 0 Å². The molecule has 2 amide bonds. The molecular weight excluding hydrogens is 346 g/mol. The monoisotopic (exact) mass is 371 g/mol. The summed E-state index contributed by atoms with van der Waals surface area (Å²) < 4.78 is 30.3. The van der Waals surface area contributed by atoms with E-state index >= 15 is 0 Å². The van der Waals surface area contributed by atoms with Crippen molar-refractivity contribution in [3.8, 4) is 0 Å². The Hall–Kier alpha value is -1.78. The molecule has 1 atom stereocenters. The summed E-state index contributed by atoms with van der Waals surface area (Å²) in [7, 11) is -3.33. The first-order chi connectivity index (χ1) is 11.7. The van der Waals surface area contributed by atoms with Gasteiger partial charge in [0, 0.05) is 19.5 Å². The lowest BCUT2D eigenvalue weighted by molar-refractivity contribution is 0.0176. The van der Waals surface area contributed by atoms with Crippen molar-refractivity contribution in [1.82, 2.24) is 19.6 Å². The van der Waals surface area contributed by atoms with Crippen LogP contribution in [0.15, 0.2) is 12.4 Å². The van der Waals surface area contributed by atoms with E-state index in [2.05, 4.69) is 33.9 Å². The molecular formula is C15H25N5O4S. The number of hydrogen-bond donors (Lipinski definition) is 2. The van der Waals surface area contributed by atoms with E-state index < -0.39 is 10.0 Å². The van der Waals surface area contributed by atoms with Crippen molar-refractivity contribution in [2.45, 2.75) is 26.3 Å². The molecule has 1 aliphatic heterocycles.